The molecule has 0 saturated carbocycles. The molecule has 2 aromatic carbocycles. The van der Waals surface area contributed by atoms with Gasteiger partial charge < -0.3 is 5.11 Å². The third-order valence-corrected chi connectivity index (χ3v) is 8.07. The van der Waals surface area contributed by atoms with Crippen molar-refractivity contribution in [3.8, 4) is 0 Å². The van der Waals surface area contributed by atoms with Crippen LogP contribution in [-0.2, 0) is 16.6 Å². The molecule has 0 spiro atoms. The van der Waals surface area contributed by atoms with Gasteiger partial charge in [0.1, 0.15) is 4.90 Å². The smallest absolute Gasteiger partial charge is 0.264 e. The van der Waals surface area contributed by atoms with Crippen LogP contribution in [0.3, 0.4) is 0 Å². The SMILES string of the molecule is CC=CC=C(C)C1(O)CCN(Cc2ccc(NS(=O)(=O)c3cc(C)cc4cccnc34)cc2)CC1. The molecule has 6 nitrogen and oxygen atoms in total. The number of fused-ring (bicyclic) bond motifs is 1. The van der Waals surface area contributed by atoms with Gasteiger partial charge in [0.05, 0.1) is 11.1 Å². The first-order valence-electron chi connectivity index (χ1n) is 11.9. The maximum atomic E-state index is 13.2. The van der Waals surface area contributed by atoms with Gasteiger partial charge in [-0.25, -0.2) is 8.42 Å². The van der Waals surface area contributed by atoms with Crippen molar-refractivity contribution in [2.75, 3.05) is 17.8 Å². The number of nitrogens with one attached hydrogen (secondary N) is 1. The number of likely N-dealkylation sites (tertiary alicyclic amines) is 1. The van der Waals surface area contributed by atoms with Crippen LogP contribution in [0.1, 0.15) is 37.8 Å². The minimum Gasteiger partial charge on any atom is -0.385 e. The van der Waals surface area contributed by atoms with E-state index in [4.69, 9.17) is 0 Å². The zero-order chi connectivity index (χ0) is 25.1. The number of aromatic nitrogens is 1. The van der Waals surface area contributed by atoms with Crippen molar-refractivity contribution in [2.45, 2.75) is 50.7 Å². The number of benzene rings is 2. The van der Waals surface area contributed by atoms with E-state index in [1.807, 2.05) is 63.3 Å². The number of aliphatic hydroxyl groups is 1. The third-order valence-electron chi connectivity index (χ3n) is 6.67. The molecule has 0 atom stereocenters. The fraction of sp³-hybridized carbons (Fsp3) is 0.321. The highest BCUT2D eigenvalue weighted by Crippen LogP contribution is 2.30. The summed E-state index contributed by atoms with van der Waals surface area (Å²) in [5, 5.41) is 11.8. The average molecular weight is 492 g/mol. The van der Waals surface area contributed by atoms with Crippen LogP contribution in [0.15, 0.2) is 83.4 Å². The molecule has 1 aliphatic heterocycles. The summed E-state index contributed by atoms with van der Waals surface area (Å²) in [6.45, 7) is 8.20. The first kappa shape index (κ1) is 25.1. The predicted molar refractivity (Wildman–Crippen MR) is 142 cm³/mol. The van der Waals surface area contributed by atoms with E-state index in [2.05, 4.69) is 14.6 Å². The zero-order valence-corrected chi connectivity index (χ0v) is 21.3. The minimum absolute atomic E-state index is 0.178. The lowest BCUT2D eigenvalue weighted by Crippen LogP contribution is -2.44. The highest BCUT2D eigenvalue weighted by Gasteiger charge is 2.33. The van der Waals surface area contributed by atoms with E-state index in [-0.39, 0.29) is 4.90 Å². The van der Waals surface area contributed by atoms with Crippen LogP contribution >= 0.6 is 0 Å². The molecule has 3 aromatic rings. The molecule has 0 aliphatic carbocycles. The van der Waals surface area contributed by atoms with Gasteiger partial charge in [0, 0.05) is 36.9 Å². The quantitative estimate of drug-likeness (QED) is 0.444. The molecule has 1 saturated heterocycles. The molecular formula is C28H33N3O3S. The third kappa shape index (κ3) is 5.81. The van der Waals surface area contributed by atoms with Gasteiger partial charge in [0.25, 0.3) is 10.0 Å². The summed E-state index contributed by atoms with van der Waals surface area (Å²) in [7, 11) is -3.79. The minimum atomic E-state index is -3.79. The van der Waals surface area contributed by atoms with Crippen LogP contribution in [0.2, 0.25) is 0 Å². The van der Waals surface area contributed by atoms with Gasteiger partial charge in [-0.2, -0.15) is 0 Å². The Morgan fingerprint density at radius 3 is 2.57 bits per heavy atom. The monoisotopic (exact) mass is 491 g/mol. The van der Waals surface area contributed by atoms with Crippen molar-refractivity contribution in [3.05, 3.63) is 89.7 Å². The van der Waals surface area contributed by atoms with E-state index in [9.17, 15) is 13.5 Å². The molecule has 0 amide bonds. The Morgan fingerprint density at radius 2 is 1.89 bits per heavy atom. The lowest BCUT2D eigenvalue weighted by Gasteiger charge is -2.39. The highest BCUT2D eigenvalue weighted by atomic mass is 32.2. The Kier molecular flexibility index (Phi) is 7.40. The van der Waals surface area contributed by atoms with Crippen LogP contribution in [0.5, 0.6) is 0 Å². The van der Waals surface area contributed by atoms with Gasteiger partial charge in [-0.05, 0) is 80.6 Å². The maximum absolute atomic E-state index is 13.2. The Hall–Kier alpha value is -3.00. The van der Waals surface area contributed by atoms with Crippen LogP contribution in [0, 0.1) is 6.92 Å². The van der Waals surface area contributed by atoms with Crippen molar-refractivity contribution in [2.24, 2.45) is 0 Å². The molecule has 184 valence electrons. The van der Waals surface area contributed by atoms with Crippen molar-refractivity contribution >= 4 is 26.6 Å². The molecule has 1 fully saturated rings. The Labute approximate surface area is 208 Å². The van der Waals surface area contributed by atoms with Crippen molar-refractivity contribution in [1.82, 2.24) is 9.88 Å². The number of piperidine rings is 1. The Morgan fingerprint density at radius 1 is 1.17 bits per heavy atom. The lowest BCUT2D eigenvalue weighted by atomic mass is 9.84. The molecule has 4 rings (SSSR count). The van der Waals surface area contributed by atoms with Crippen molar-refractivity contribution in [3.63, 3.8) is 0 Å². The number of pyridine rings is 1. The molecule has 2 heterocycles. The number of hydrogen-bond acceptors (Lipinski definition) is 5. The summed E-state index contributed by atoms with van der Waals surface area (Å²) >= 11 is 0. The molecule has 1 aliphatic rings. The number of anilines is 1. The normalized spacial score (nSPS) is 17.2. The number of rotatable bonds is 7. The fourth-order valence-corrected chi connectivity index (χ4v) is 5.85. The van der Waals surface area contributed by atoms with Crippen LogP contribution in [0.4, 0.5) is 5.69 Å². The van der Waals surface area contributed by atoms with Gasteiger partial charge in [0.15, 0.2) is 0 Å². The standard InChI is InChI=1S/C28H33N3O3S/c1-4-5-7-22(3)28(32)13-16-31(17-14-28)20-23-9-11-25(12-10-23)30-35(33,34)26-19-21(2)18-24-8-6-15-29-27(24)26/h4-12,15,18-19,30,32H,13-14,16-17,20H2,1-3H3. The van der Waals surface area contributed by atoms with E-state index in [1.54, 1.807) is 30.5 Å². The summed E-state index contributed by atoms with van der Waals surface area (Å²) in [6, 6.07) is 14.7. The fourth-order valence-electron chi connectivity index (χ4n) is 4.52. The van der Waals surface area contributed by atoms with Gasteiger partial charge in [-0.3, -0.25) is 14.6 Å². The summed E-state index contributed by atoms with van der Waals surface area (Å²) in [5.41, 5.74) is 3.19. The molecule has 0 radical (unpaired) electrons. The largest absolute Gasteiger partial charge is 0.385 e. The first-order chi connectivity index (χ1) is 16.7. The molecule has 0 bridgehead atoms. The topological polar surface area (TPSA) is 82.5 Å². The molecule has 2 N–H and O–H groups in total. The number of sulfonamides is 1. The number of hydrogen-bond donors (Lipinski definition) is 2. The lowest BCUT2D eigenvalue weighted by molar-refractivity contribution is 0.00727. The summed E-state index contributed by atoms with van der Waals surface area (Å²) < 4.78 is 29.0. The molecule has 7 heteroatoms. The predicted octanol–water partition coefficient (Wildman–Crippen LogP) is 5.19. The van der Waals surface area contributed by atoms with Gasteiger partial charge in [-0.15, -0.1) is 0 Å². The van der Waals surface area contributed by atoms with Gasteiger partial charge in [0.2, 0.25) is 0 Å². The van der Waals surface area contributed by atoms with E-state index in [0.29, 0.717) is 24.0 Å². The van der Waals surface area contributed by atoms with Gasteiger partial charge >= 0.3 is 0 Å². The summed E-state index contributed by atoms with van der Waals surface area (Å²) in [5.74, 6) is 0. The number of nitrogens with zero attached hydrogens (tertiary/aromatic N) is 2. The van der Waals surface area contributed by atoms with E-state index in [1.165, 1.54) is 0 Å². The van der Waals surface area contributed by atoms with Crippen LogP contribution in [0.25, 0.3) is 10.9 Å². The molecule has 1 aromatic heterocycles. The number of allylic oxidation sites excluding steroid dienone is 3. The van der Waals surface area contributed by atoms with E-state index < -0.39 is 15.6 Å². The number of aryl methyl sites for hydroxylation is 1. The van der Waals surface area contributed by atoms with Crippen molar-refractivity contribution < 1.29 is 13.5 Å². The average Bonchev–Trinajstić information content (AvgIpc) is 2.84. The van der Waals surface area contributed by atoms with Crippen LogP contribution in [-0.4, -0.2) is 42.1 Å². The summed E-state index contributed by atoms with van der Waals surface area (Å²) in [6.07, 6.45) is 8.92. The highest BCUT2D eigenvalue weighted by molar-refractivity contribution is 7.93. The molecule has 0 unspecified atom stereocenters. The van der Waals surface area contributed by atoms with E-state index in [0.717, 1.165) is 41.7 Å². The van der Waals surface area contributed by atoms with Crippen LogP contribution < -0.4 is 4.72 Å². The Bertz CT molecular complexity index is 1350. The van der Waals surface area contributed by atoms with Crippen molar-refractivity contribution in [1.29, 1.82) is 0 Å². The Balaban J connectivity index is 1.41. The maximum Gasteiger partial charge on any atom is 0.264 e. The second-order valence-corrected chi connectivity index (χ2v) is 11.0. The summed E-state index contributed by atoms with van der Waals surface area (Å²) in [4.78, 5) is 6.79. The zero-order valence-electron chi connectivity index (χ0n) is 20.5. The van der Waals surface area contributed by atoms with E-state index >= 15 is 0 Å². The van der Waals surface area contributed by atoms with Gasteiger partial charge in [-0.1, -0.05) is 36.4 Å². The first-order valence-corrected chi connectivity index (χ1v) is 13.4. The second kappa shape index (κ2) is 10.3. The molecule has 35 heavy (non-hydrogen) atoms. The molecular weight excluding hydrogens is 458 g/mol. The second-order valence-electron chi connectivity index (χ2n) is 9.32.